The number of carbonyl (C=O) groups is 4. The Morgan fingerprint density at radius 2 is 1.56 bits per heavy atom. The summed E-state index contributed by atoms with van der Waals surface area (Å²) in [6.45, 7) is 9.43. The van der Waals surface area contributed by atoms with Crippen LogP contribution in [0.25, 0.3) is 6.08 Å². The normalized spacial score (nSPS) is 28.8. The molecule has 3 fully saturated rings. The van der Waals surface area contributed by atoms with E-state index in [0.29, 0.717) is 35.3 Å². The van der Waals surface area contributed by atoms with Crippen LogP contribution in [-0.2, 0) is 25.6 Å². The van der Waals surface area contributed by atoms with Gasteiger partial charge >= 0.3 is 0 Å². The van der Waals surface area contributed by atoms with Crippen molar-refractivity contribution in [1.82, 2.24) is 0 Å². The van der Waals surface area contributed by atoms with Gasteiger partial charge in [0.2, 0.25) is 23.6 Å². The third-order valence-corrected chi connectivity index (χ3v) is 10.5. The summed E-state index contributed by atoms with van der Waals surface area (Å²) in [5.41, 5.74) is 2.68. The van der Waals surface area contributed by atoms with Crippen LogP contribution in [0.3, 0.4) is 0 Å². The lowest BCUT2D eigenvalue weighted by atomic mass is 9.51. The van der Waals surface area contributed by atoms with Crippen molar-refractivity contribution in [2.75, 3.05) is 9.80 Å². The van der Waals surface area contributed by atoms with E-state index in [0.717, 1.165) is 11.1 Å². The number of carbonyl (C=O) groups excluding carboxylic acids is 4. The number of phenolic OH excluding ortho intramolecular Hbond substituents is 1. The quantitative estimate of drug-likeness (QED) is 0.269. The van der Waals surface area contributed by atoms with Gasteiger partial charge in [0.1, 0.15) is 5.75 Å². The maximum absolute atomic E-state index is 14.5. The highest BCUT2D eigenvalue weighted by Gasteiger charge is 2.68. The maximum atomic E-state index is 14.5. The lowest BCUT2D eigenvalue weighted by Gasteiger charge is -2.49. The fraction of sp³-hybridized carbons (Fsp3) is 0.263. The third-order valence-electron chi connectivity index (χ3n) is 10.5. The van der Waals surface area contributed by atoms with Gasteiger partial charge in [0.25, 0.3) is 0 Å². The number of nitrogens with zero attached hydrogens (tertiary/aromatic N) is 2. The number of hydrogen-bond donors (Lipinski definition) is 1. The lowest BCUT2D eigenvalue weighted by Crippen LogP contribution is -2.49. The molecule has 7 heteroatoms. The standard InChI is InChI=1S/C38H34N2O5/c1-4-10-23-11-9-14-28(33(23)41)32-26-19-20-27-31(36(44)39(34(27)42)25-17-15-22(5-2)16-18-25)29(26)21-30-35(43)40(37(45)38(30,32)3)24-12-7-6-8-13-24/h4-9,11-19,27,29-32,41H,1-2,10,20-21H2,3H3/t27-,29+,30-,31-,32+,38+/m0/s1. The number of hydrogen-bond acceptors (Lipinski definition) is 5. The minimum Gasteiger partial charge on any atom is -0.507 e. The van der Waals surface area contributed by atoms with Gasteiger partial charge in [-0.3, -0.25) is 24.1 Å². The fourth-order valence-electron chi connectivity index (χ4n) is 8.36. The molecule has 1 saturated carbocycles. The fourth-order valence-corrected chi connectivity index (χ4v) is 8.36. The number of aromatic hydroxyl groups is 1. The molecule has 7 nitrogen and oxygen atoms in total. The first kappa shape index (κ1) is 28.7. The average Bonchev–Trinajstić information content (AvgIpc) is 3.42. The number of fused-ring (bicyclic) bond motifs is 4. The summed E-state index contributed by atoms with van der Waals surface area (Å²) in [6, 6.07) is 21.5. The molecule has 2 saturated heterocycles. The van der Waals surface area contributed by atoms with E-state index in [1.54, 1.807) is 48.6 Å². The summed E-state index contributed by atoms with van der Waals surface area (Å²) in [6.07, 6.45) is 6.41. The second kappa shape index (κ2) is 10.5. The first-order valence-electron chi connectivity index (χ1n) is 15.4. The Morgan fingerprint density at radius 1 is 0.844 bits per heavy atom. The van der Waals surface area contributed by atoms with E-state index in [4.69, 9.17) is 0 Å². The molecule has 3 aromatic carbocycles. The Morgan fingerprint density at radius 3 is 2.24 bits per heavy atom. The number of rotatable bonds is 6. The van der Waals surface area contributed by atoms with Crippen molar-refractivity contribution in [3.63, 3.8) is 0 Å². The van der Waals surface area contributed by atoms with E-state index in [-0.39, 0.29) is 35.8 Å². The molecule has 0 spiro atoms. The second-order valence-electron chi connectivity index (χ2n) is 12.7. The minimum absolute atomic E-state index is 0.0576. The van der Waals surface area contributed by atoms with E-state index in [1.165, 1.54) is 9.80 Å². The van der Waals surface area contributed by atoms with Crippen molar-refractivity contribution in [2.45, 2.75) is 32.1 Å². The number of anilines is 2. The van der Waals surface area contributed by atoms with Crippen molar-refractivity contribution < 1.29 is 24.3 Å². The van der Waals surface area contributed by atoms with Gasteiger partial charge in [-0.05, 0) is 67.5 Å². The number of benzene rings is 3. The maximum Gasteiger partial charge on any atom is 0.241 e. The van der Waals surface area contributed by atoms with Crippen LogP contribution in [0.5, 0.6) is 5.75 Å². The molecular formula is C38H34N2O5. The predicted molar refractivity (Wildman–Crippen MR) is 172 cm³/mol. The predicted octanol–water partition coefficient (Wildman–Crippen LogP) is 6.20. The number of allylic oxidation sites excluding steroid dienone is 3. The molecule has 0 aromatic heterocycles. The summed E-state index contributed by atoms with van der Waals surface area (Å²) in [7, 11) is 0. The zero-order chi connectivity index (χ0) is 31.6. The van der Waals surface area contributed by atoms with Crippen LogP contribution in [0, 0.1) is 29.1 Å². The Balaban J connectivity index is 1.38. The van der Waals surface area contributed by atoms with Crippen LogP contribution >= 0.6 is 0 Å². The monoisotopic (exact) mass is 598 g/mol. The third kappa shape index (κ3) is 4.03. The summed E-state index contributed by atoms with van der Waals surface area (Å²) in [4.78, 5) is 59.4. The summed E-state index contributed by atoms with van der Waals surface area (Å²) in [5, 5.41) is 11.6. The van der Waals surface area contributed by atoms with Crippen molar-refractivity contribution in [3.8, 4) is 5.75 Å². The lowest BCUT2D eigenvalue weighted by molar-refractivity contribution is -0.131. The van der Waals surface area contributed by atoms with Crippen molar-refractivity contribution in [2.24, 2.45) is 29.1 Å². The molecule has 7 rings (SSSR count). The molecular weight excluding hydrogens is 564 g/mol. The van der Waals surface area contributed by atoms with Gasteiger partial charge in [0.15, 0.2) is 0 Å². The first-order chi connectivity index (χ1) is 21.7. The zero-order valence-corrected chi connectivity index (χ0v) is 25.1. The molecule has 2 heterocycles. The molecule has 2 aliphatic heterocycles. The molecule has 4 amide bonds. The van der Waals surface area contributed by atoms with Gasteiger partial charge in [-0.2, -0.15) is 0 Å². The number of para-hydroxylation sites is 2. The van der Waals surface area contributed by atoms with E-state index in [2.05, 4.69) is 13.2 Å². The molecule has 6 atom stereocenters. The van der Waals surface area contributed by atoms with E-state index < -0.39 is 35.0 Å². The topological polar surface area (TPSA) is 95.0 Å². The van der Waals surface area contributed by atoms with Gasteiger partial charge in [-0.25, -0.2) is 4.90 Å². The number of phenols is 1. The second-order valence-corrected chi connectivity index (χ2v) is 12.7. The highest BCUT2D eigenvalue weighted by atomic mass is 16.3. The Bertz CT molecular complexity index is 1810. The Labute approximate surface area is 262 Å². The summed E-state index contributed by atoms with van der Waals surface area (Å²) in [5.74, 6) is -4.31. The smallest absolute Gasteiger partial charge is 0.241 e. The van der Waals surface area contributed by atoms with Gasteiger partial charge in [-0.15, -0.1) is 6.58 Å². The number of imide groups is 2. The Hall–Kier alpha value is -5.04. The van der Waals surface area contributed by atoms with Crippen LogP contribution in [0.2, 0.25) is 0 Å². The highest BCUT2D eigenvalue weighted by Crippen LogP contribution is 2.64. The summed E-state index contributed by atoms with van der Waals surface area (Å²) < 4.78 is 0. The molecule has 0 radical (unpaired) electrons. The largest absolute Gasteiger partial charge is 0.507 e. The van der Waals surface area contributed by atoms with Crippen LogP contribution < -0.4 is 9.80 Å². The van der Waals surface area contributed by atoms with Gasteiger partial charge in [-0.1, -0.05) is 78.9 Å². The molecule has 2 aliphatic carbocycles. The van der Waals surface area contributed by atoms with Gasteiger partial charge < -0.3 is 5.11 Å². The SMILES string of the molecule is C=CCc1cccc([C@H]2C3=CC[C@@H]4C(=O)N(c5ccc(C=C)cc5)C(=O)[C@@H]4[C@@H]3C[C@H]3C(=O)N(c4ccccc4)C(=O)[C@@]23C)c1O. The van der Waals surface area contributed by atoms with E-state index >= 15 is 0 Å². The minimum atomic E-state index is -1.22. The van der Waals surface area contributed by atoms with Gasteiger partial charge in [0.05, 0.1) is 34.5 Å². The number of amides is 4. The van der Waals surface area contributed by atoms with E-state index in [1.807, 2.05) is 49.4 Å². The average molecular weight is 599 g/mol. The van der Waals surface area contributed by atoms with Gasteiger partial charge in [0, 0.05) is 11.5 Å². The van der Waals surface area contributed by atoms with Crippen molar-refractivity contribution >= 4 is 41.1 Å². The molecule has 0 bridgehead atoms. The molecule has 3 aromatic rings. The molecule has 226 valence electrons. The van der Waals surface area contributed by atoms with Crippen molar-refractivity contribution in [1.29, 1.82) is 0 Å². The van der Waals surface area contributed by atoms with Crippen LogP contribution in [0.15, 0.2) is 104 Å². The summed E-state index contributed by atoms with van der Waals surface area (Å²) >= 11 is 0. The molecule has 4 aliphatic rings. The molecule has 45 heavy (non-hydrogen) atoms. The van der Waals surface area contributed by atoms with Crippen LogP contribution in [0.4, 0.5) is 11.4 Å². The zero-order valence-electron chi connectivity index (χ0n) is 25.1. The van der Waals surface area contributed by atoms with Crippen LogP contribution in [-0.4, -0.2) is 28.7 Å². The molecule has 1 N–H and O–H groups in total. The molecule has 0 unspecified atom stereocenters. The van der Waals surface area contributed by atoms with Crippen LogP contribution in [0.1, 0.15) is 42.4 Å². The van der Waals surface area contributed by atoms with E-state index in [9.17, 15) is 24.3 Å². The highest BCUT2D eigenvalue weighted by molar-refractivity contribution is 6.25. The Kier molecular flexibility index (Phi) is 6.73. The first-order valence-corrected chi connectivity index (χ1v) is 15.4. The van der Waals surface area contributed by atoms with Crippen molar-refractivity contribution in [3.05, 3.63) is 120 Å².